The largest absolute Gasteiger partial charge is 0.379 e. The topological polar surface area (TPSA) is 83.6 Å². The zero-order valence-electron chi connectivity index (χ0n) is 16.6. The minimum Gasteiger partial charge on any atom is -0.379 e. The van der Waals surface area contributed by atoms with E-state index in [2.05, 4.69) is 27.4 Å². The third-order valence-corrected chi connectivity index (χ3v) is 5.44. The van der Waals surface area contributed by atoms with Gasteiger partial charge in [-0.2, -0.15) is 0 Å². The molecule has 1 aliphatic carbocycles. The molecule has 29 heavy (non-hydrogen) atoms. The van der Waals surface area contributed by atoms with Crippen LogP contribution < -0.4 is 10.6 Å². The minimum absolute atomic E-state index is 0.0519. The molecule has 1 aromatic heterocycles. The highest BCUT2D eigenvalue weighted by molar-refractivity contribution is 6.04. The van der Waals surface area contributed by atoms with Gasteiger partial charge in [-0.1, -0.05) is 13.0 Å². The number of carbonyl (C=O) groups excluding carboxylic acids is 2. The lowest BCUT2D eigenvalue weighted by atomic mass is 10.2. The second-order valence-corrected chi connectivity index (χ2v) is 7.78. The van der Waals surface area contributed by atoms with Gasteiger partial charge >= 0.3 is 0 Å². The molecule has 1 saturated carbocycles. The molecule has 1 saturated heterocycles. The number of hydrogen-bond donors (Lipinski definition) is 2. The van der Waals surface area contributed by atoms with Crippen molar-refractivity contribution in [3.05, 3.63) is 53.7 Å². The molecule has 1 aliphatic heterocycles. The summed E-state index contributed by atoms with van der Waals surface area (Å²) in [5.74, 6) is 0.923. The number of carbonyl (C=O) groups is 2. The van der Waals surface area contributed by atoms with E-state index in [0.29, 0.717) is 23.0 Å². The molecular weight excluding hydrogens is 368 g/mol. The highest BCUT2D eigenvalue weighted by atomic mass is 16.5. The molecular formula is C22H26N4O3. The van der Waals surface area contributed by atoms with E-state index in [0.717, 1.165) is 44.8 Å². The van der Waals surface area contributed by atoms with E-state index in [1.165, 1.54) is 0 Å². The van der Waals surface area contributed by atoms with Crippen molar-refractivity contribution in [2.75, 3.05) is 36.9 Å². The van der Waals surface area contributed by atoms with E-state index in [1.807, 2.05) is 12.1 Å². The number of hydrogen-bond acceptors (Lipinski definition) is 5. The summed E-state index contributed by atoms with van der Waals surface area (Å²) in [4.78, 5) is 31.1. The number of anilines is 2. The molecule has 7 nitrogen and oxygen atoms in total. The fourth-order valence-corrected chi connectivity index (χ4v) is 3.43. The zero-order chi connectivity index (χ0) is 20.2. The van der Waals surface area contributed by atoms with Crippen LogP contribution in [0.25, 0.3) is 0 Å². The number of nitrogens with zero attached hydrogens (tertiary/aromatic N) is 2. The van der Waals surface area contributed by atoms with Crippen LogP contribution in [-0.2, 0) is 16.1 Å². The van der Waals surface area contributed by atoms with E-state index in [-0.39, 0.29) is 17.7 Å². The van der Waals surface area contributed by atoms with Crippen LogP contribution in [0.4, 0.5) is 11.5 Å². The van der Waals surface area contributed by atoms with Crippen molar-refractivity contribution in [1.82, 2.24) is 9.88 Å². The van der Waals surface area contributed by atoms with Crippen LogP contribution in [-0.4, -0.2) is 48.0 Å². The van der Waals surface area contributed by atoms with Gasteiger partial charge in [0.05, 0.1) is 13.2 Å². The molecule has 2 heterocycles. The SMILES string of the molecule is CC1CC1C(=O)Nc1ccc(C(=O)Nc2ccc(CN3CCOCC3)cn2)cc1. The van der Waals surface area contributed by atoms with Crippen LogP contribution in [0.5, 0.6) is 0 Å². The molecule has 2 amide bonds. The van der Waals surface area contributed by atoms with Crippen LogP contribution in [0.3, 0.4) is 0 Å². The Morgan fingerprint density at radius 2 is 1.83 bits per heavy atom. The summed E-state index contributed by atoms with van der Waals surface area (Å²) in [6, 6.07) is 10.7. The van der Waals surface area contributed by atoms with Gasteiger partial charge in [-0.15, -0.1) is 0 Å². The average Bonchev–Trinajstić information content (AvgIpc) is 3.47. The Bertz CT molecular complexity index is 861. The second-order valence-electron chi connectivity index (χ2n) is 7.78. The second kappa shape index (κ2) is 8.71. The Balaban J connectivity index is 1.29. The fourth-order valence-electron chi connectivity index (χ4n) is 3.43. The van der Waals surface area contributed by atoms with E-state index < -0.39 is 0 Å². The van der Waals surface area contributed by atoms with E-state index in [4.69, 9.17) is 4.74 Å². The lowest BCUT2D eigenvalue weighted by molar-refractivity contribution is -0.117. The number of amides is 2. The van der Waals surface area contributed by atoms with Crippen molar-refractivity contribution in [2.45, 2.75) is 19.9 Å². The van der Waals surface area contributed by atoms with Gasteiger partial charge in [-0.25, -0.2) is 4.98 Å². The van der Waals surface area contributed by atoms with Crippen LogP contribution >= 0.6 is 0 Å². The Morgan fingerprint density at radius 3 is 2.45 bits per heavy atom. The van der Waals surface area contributed by atoms with Crippen LogP contribution in [0.1, 0.15) is 29.3 Å². The first-order chi connectivity index (χ1) is 14.1. The summed E-state index contributed by atoms with van der Waals surface area (Å²) in [7, 11) is 0. The first kappa shape index (κ1) is 19.5. The molecule has 0 bridgehead atoms. The van der Waals surface area contributed by atoms with Gasteiger partial charge < -0.3 is 15.4 Å². The summed E-state index contributed by atoms with van der Waals surface area (Å²) in [5, 5.41) is 5.71. The third-order valence-electron chi connectivity index (χ3n) is 5.44. The molecule has 2 atom stereocenters. The van der Waals surface area contributed by atoms with Crippen molar-refractivity contribution < 1.29 is 14.3 Å². The molecule has 4 rings (SSSR count). The molecule has 0 radical (unpaired) electrons. The van der Waals surface area contributed by atoms with Crippen molar-refractivity contribution in [2.24, 2.45) is 11.8 Å². The summed E-state index contributed by atoms with van der Waals surface area (Å²) in [6.07, 6.45) is 2.74. The predicted molar refractivity (Wildman–Crippen MR) is 111 cm³/mol. The van der Waals surface area contributed by atoms with E-state index in [9.17, 15) is 9.59 Å². The normalized spacial score (nSPS) is 21.4. The van der Waals surface area contributed by atoms with Gasteiger partial charge in [-0.3, -0.25) is 14.5 Å². The lowest BCUT2D eigenvalue weighted by Crippen LogP contribution is -2.35. The zero-order valence-corrected chi connectivity index (χ0v) is 16.6. The van der Waals surface area contributed by atoms with Crippen LogP contribution in [0, 0.1) is 11.8 Å². The predicted octanol–water partition coefficient (Wildman–Crippen LogP) is 2.76. The van der Waals surface area contributed by atoms with Crippen molar-refractivity contribution in [1.29, 1.82) is 0 Å². The number of ether oxygens (including phenoxy) is 1. The molecule has 2 unspecified atom stereocenters. The number of nitrogens with one attached hydrogen (secondary N) is 2. The molecule has 152 valence electrons. The molecule has 7 heteroatoms. The maximum atomic E-state index is 12.5. The van der Waals surface area contributed by atoms with Gasteiger partial charge in [-0.05, 0) is 48.2 Å². The van der Waals surface area contributed by atoms with Crippen LogP contribution in [0.15, 0.2) is 42.6 Å². The van der Waals surface area contributed by atoms with Gasteiger partial charge in [0, 0.05) is 43.0 Å². The maximum Gasteiger partial charge on any atom is 0.256 e. The van der Waals surface area contributed by atoms with Crippen molar-refractivity contribution in [3.8, 4) is 0 Å². The van der Waals surface area contributed by atoms with Crippen LogP contribution in [0.2, 0.25) is 0 Å². The average molecular weight is 394 g/mol. The van der Waals surface area contributed by atoms with E-state index >= 15 is 0 Å². The Labute approximate surface area is 170 Å². The Morgan fingerprint density at radius 1 is 1.10 bits per heavy atom. The monoisotopic (exact) mass is 394 g/mol. The van der Waals surface area contributed by atoms with Gasteiger partial charge in [0.1, 0.15) is 5.82 Å². The van der Waals surface area contributed by atoms with Gasteiger partial charge in [0.15, 0.2) is 0 Å². The Kier molecular flexibility index (Phi) is 5.87. The lowest BCUT2D eigenvalue weighted by Gasteiger charge is -2.26. The summed E-state index contributed by atoms with van der Waals surface area (Å²) < 4.78 is 5.36. The summed E-state index contributed by atoms with van der Waals surface area (Å²) >= 11 is 0. The highest BCUT2D eigenvalue weighted by Gasteiger charge is 2.39. The van der Waals surface area contributed by atoms with E-state index in [1.54, 1.807) is 30.5 Å². The molecule has 1 aromatic carbocycles. The fraction of sp³-hybridized carbons (Fsp3) is 0.409. The van der Waals surface area contributed by atoms with Crippen molar-refractivity contribution >= 4 is 23.3 Å². The highest BCUT2D eigenvalue weighted by Crippen LogP contribution is 2.38. The molecule has 2 fully saturated rings. The molecule has 2 aromatic rings. The summed E-state index contributed by atoms with van der Waals surface area (Å²) in [5.41, 5.74) is 2.33. The molecule has 0 spiro atoms. The number of morpholine rings is 1. The Hall–Kier alpha value is -2.77. The maximum absolute atomic E-state index is 12.5. The first-order valence-corrected chi connectivity index (χ1v) is 10.1. The summed E-state index contributed by atoms with van der Waals surface area (Å²) in [6.45, 7) is 6.29. The minimum atomic E-state index is -0.230. The standard InChI is InChI=1S/C22H26N4O3/c1-15-12-19(15)22(28)24-18-5-3-17(4-6-18)21(27)25-20-7-2-16(13-23-20)14-26-8-10-29-11-9-26/h2-7,13,15,19H,8-12,14H2,1H3,(H,24,28)(H,23,25,27). The first-order valence-electron chi connectivity index (χ1n) is 10.1. The number of pyridine rings is 1. The smallest absolute Gasteiger partial charge is 0.256 e. The van der Waals surface area contributed by atoms with Gasteiger partial charge in [0.25, 0.3) is 5.91 Å². The molecule has 2 aliphatic rings. The third kappa shape index (κ3) is 5.19. The number of aromatic nitrogens is 1. The van der Waals surface area contributed by atoms with Gasteiger partial charge in [0.2, 0.25) is 5.91 Å². The quantitative estimate of drug-likeness (QED) is 0.787. The molecule has 2 N–H and O–H groups in total. The number of benzene rings is 1. The van der Waals surface area contributed by atoms with Crippen molar-refractivity contribution in [3.63, 3.8) is 0 Å². The number of rotatable bonds is 6.